The van der Waals surface area contributed by atoms with Crippen molar-refractivity contribution in [1.29, 1.82) is 0 Å². The van der Waals surface area contributed by atoms with Crippen LogP contribution >= 0.6 is 23.4 Å². The summed E-state index contributed by atoms with van der Waals surface area (Å²) in [7, 11) is 0. The molecule has 1 atom stereocenters. The minimum atomic E-state index is -0.0893. The maximum Gasteiger partial charge on any atom is 0.260 e. The first-order valence-electron chi connectivity index (χ1n) is 14.1. The quantitative estimate of drug-likeness (QED) is 0.166. The number of halogens is 1. The van der Waals surface area contributed by atoms with Crippen LogP contribution in [0, 0.1) is 6.92 Å². The average molecular weight is 604 g/mol. The molecule has 0 saturated carbocycles. The molecular formula is C32H34ClN5O3S. The Morgan fingerprint density at radius 3 is 2.50 bits per heavy atom. The van der Waals surface area contributed by atoms with Crippen LogP contribution in [0.3, 0.4) is 0 Å². The van der Waals surface area contributed by atoms with E-state index in [0.717, 1.165) is 33.5 Å². The SMILES string of the molecule is Cc1cccc(-n2c(SCCCC(=O)N3CCN(C(=O)COc4ccc(Cl)cc4)C(C)C3)nnc2-c2ccccc2)c1. The molecule has 8 nitrogen and oxygen atoms in total. The van der Waals surface area contributed by atoms with Gasteiger partial charge in [-0.1, -0.05) is 65.8 Å². The summed E-state index contributed by atoms with van der Waals surface area (Å²) in [6.45, 7) is 5.52. The number of thioether (sulfide) groups is 1. The normalized spacial score (nSPS) is 15.1. The molecule has 0 radical (unpaired) electrons. The maximum absolute atomic E-state index is 13.0. The van der Waals surface area contributed by atoms with Gasteiger partial charge in [0.15, 0.2) is 17.6 Å². The van der Waals surface area contributed by atoms with Gasteiger partial charge in [0.1, 0.15) is 5.75 Å². The summed E-state index contributed by atoms with van der Waals surface area (Å²) in [6.07, 6.45) is 1.16. The summed E-state index contributed by atoms with van der Waals surface area (Å²) >= 11 is 7.51. The zero-order valence-corrected chi connectivity index (χ0v) is 25.4. The van der Waals surface area contributed by atoms with Crippen molar-refractivity contribution in [2.24, 2.45) is 0 Å². The Morgan fingerprint density at radius 1 is 0.976 bits per heavy atom. The highest BCUT2D eigenvalue weighted by Gasteiger charge is 2.29. The molecule has 2 amide bonds. The number of carbonyl (C=O) groups excluding carboxylic acids is 2. The fraction of sp³-hybridized carbons (Fsp3) is 0.312. The van der Waals surface area contributed by atoms with Crippen molar-refractivity contribution in [2.75, 3.05) is 32.0 Å². The highest BCUT2D eigenvalue weighted by molar-refractivity contribution is 7.99. The Labute approximate surface area is 255 Å². The third-order valence-corrected chi connectivity index (χ3v) is 8.44. The number of aryl methyl sites for hydroxylation is 1. The maximum atomic E-state index is 13.0. The van der Waals surface area contributed by atoms with Gasteiger partial charge in [-0.15, -0.1) is 10.2 Å². The first-order chi connectivity index (χ1) is 20.4. The summed E-state index contributed by atoms with van der Waals surface area (Å²) in [5, 5.41) is 10.4. The molecule has 2 heterocycles. The van der Waals surface area contributed by atoms with Crippen LogP contribution in [-0.2, 0) is 9.59 Å². The highest BCUT2D eigenvalue weighted by atomic mass is 35.5. The molecule has 1 aliphatic heterocycles. The highest BCUT2D eigenvalue weighted by Crippen LogP contribution is 2.29. The van der Waals surface area contributed by atoms with E-state index >= 15 is 0 Å². The van der Waals surface area contributed by atoms with Gasteiger partial charge in [-0.3, -0.25) is 14.2 Å². The Morgan fingerprint density at radius 2 is 1.76 bits per heavy atom. The standard InChI is InChI=1S/C32H34ClN5O3S/c1-23-8-6-11-27(20-23)38-31(25-9-4-3-5-10-25)34-35-32(38)42-19-7-12-29(39)36-17-18-37(24(2)21-36)30(40)22-41-28-15-13-26(33)14-16-28/h3-6,8-11,13-16,20,24H,7,12,17-19,21-22H2,1-2H3. The molecule has 4 aromatic rings. The molecule has 0 N–H and O–H groups in total. The second kappa shape index (κ2) is 13.9. The number of rotatable bonds is 10. The zero-order chi connectivity index (χ0) is 29.5. The predicted octanol–water partition coefficient (Wildman–Crippen LogP) is 5.91. The number of benzene rings is 3. The first-order valence-corrected chi connectivity index (χ1v) is 15.4. The second-order valence-corrected chi connectivity index (χ2v) is 11.8. The van der Waals surface area contributed by atoms with Crippen molar-refractivity contribution >= 4 is 35.2 Å². The van der Waals surface area contributed by atoms with E-state index in [1.54, 1.807) is 40.9 Å². The fourth-order valence-electron chi connectivity index (χ4n) is 5.00. The van der Waals surface area contributed by atoms with Gasteiger partial charge in [-0.2, -0.15) is 0 Å². The van der Waals surface area contributed by atoms with Crippen LogP contribution in [0.4, 0.5) is 0 Å². The lowest BCUT2D eigenvalue weighted by atomic mass is 10.1. The molecule has 0 bridgehead atoms. The second-order valence-electron chi connectivity index (χ2n) is 10.3. The van der Waals surface area contributed by atoms with Gasteiger partial charge in [0, 0.05) is 54.1 Å². The minimum absolute atomic E-state index is 0.0453. The summed E-state index contributed by atoms with van der Waals surface area (Å²) in [6, 6.07) is 25.2. The summed E-state index contributed by atoms with van der Waals surface area (Å²) in [5.74, 6) is 2.14. The number of carbonyl (C=O) groups is 2. The smallest absolute Gasteiger partial charge is 0.260 e. The van der Waals surface area contributed by atoms with Gasteiger partial charge < -0.3 is 14.5 Å². The van der Waals surface area contributed by atoms with Crippen LogP contribution in [0.25, 0.3) is 17.1 Å². The number of ether oxygens (including phenoxy) is 1. The Balaban J connectivity index is 1.12. The molecule has 10 heteroatoms. The topological polar surface area (TPSA) is 80.6 Å². The van der Waals surface area contributed by atoms with Crippen molar-refractivity contribution in [1.82, 2.24) is 24.6 Å². The lowest BCUT2D eigenvalue weighted by molar-refractivity contribution is -0.143. The number of hydrogen-bond acceptors (Lipinski definition) is 6. The van der Waals surface area contributed by atoms with E-state index < -0.39 is 0 Å². The van der Waals surface area contributed by atoms with Gasteiger partial charge in [0.25, 0.3) is 5.91 Å². The van der Waals surface area contributed by atoms with Crippen LogP contribution in [0.15, 0.2) is 84.0 Å². The molecule has 3 aromatic carbocycles. The van der Waals surface area contributed by atoms with Gasteiger partial charge in [0.05, 0.1) is 0 Å². The van der Waals surface area contributed by atoms with E-state index in [-0.39, 0.29) is 24.5 Å². The monoisotopic (exact) mass is 603 g/mol. The molecule has 42 heavy (non-hydrogen) atoms. The van der Waals surface area contributed by atoms with Gasteiger partial charge in [0.2, 0.25) is 5.91 Å². The number of piperazine rings is 1. The summed E-state index contributed by atoms with van der Waals surface area (Å²) in [5.41, 5.74) is 3.17. The van der Waals surface area contributed by atoms with E-state index in [9.17, 15) is 9.59 Å². The van der Waals surface area contributed by atoms with Gasteiger partial charge in [-0.25, -0.2) is 0 Å². The summed E-state index contributed by atoms with van der Waals surface area (Å²) < 4.78 is 7.71. The fourth-order valence-corrected chi connectivity index (χ4v) is 6.01. The van der Waals surface area contributed by atoms with Crippen LogP contribution in [0.1, 0.15) is 25.3 Å². The Hall–Kier alpha value is -3.82. The van der Waals surface area contributed by atoms with Crippen molar-refractivity contribution in [3.05, 3.63) is 89.4 Å². The summed E-state index contributed by atoms with van der Waals surface area (Å²) in [4.78, 5) is 29.4. The molecule has 1 unspecified atom stereocenters. The van der Waals surface area contributed by atoms with Crippen molar-refractivity contribution in [2.45, 2.75) is 37.9 Å². The Kier molecular flexibility index (Phi) is 9.81. The third kappa shape index (κ3) is 7.33. The Bertz CT molecular complexity index is 1510. The number of hydrogen-bond donors (Lipinski definition) is 0. The number of amides is 2. The number of aromatic nitrogens is 3. The molecule has 1 aliphatic rings. The van der Waals surface area contributed by atoms with Crippen LogP contribution in [-0.4, -0.2) is 74.4 Å². The molecular weight excluding hydrogens is 570 g/mol. The first kappa shape index (κ1) is 29.7. The predicted molar refractivity (Wildman–Crippen MR) is 166 cm³/mol. The molecule has 5 rings (SSSR count). The van der Waals surface area contributed by atoms with E-state index in [4.69, 9.17) is 16.3 Å². The van der Waals surface area contributed by atoms with E-state index in [0.29, 0.717) is 43.2 Å². The molecule has 218 valence electrons. The molecule has 1 saturated heterocycles. The van der Waals surface area contributed by atoms with Crippen molar-refractivity contribution in [3.63, 3.8) is 0 Å². The lowest BCUT2D eigenvalue weighted by Crippen LogP contribution is -2.56. The molecule has 1 aromatic heterocycles. The minimum Gasteiger partial charge on any atom is -0.484 e. The third-order valence-electron chi connectivity index (χ3n) is 7.17. The largest absolute Gasteiger partial charge is 0.484 e. The van der Waals surface area contributed by atoms with Gasteiger partial charge >= 0.3 is 0 Å². The van der Waals surface area contributed by atoms with Crippen LogP contribution in [0.5, 0.6) is 5.75 Å². The number of nitrogens with zero attached hydrogens (tertiary/aromatic N) is 5. The zero-order valence-electron chi connectivity index (χ0n) is 23.8. The lowest BCUT2D eigenvalue weighted by Gasteiger charge is -2.39. The molecule has 0 spiro atoms. The van der Waals surface area contributed by atoms with Crippen molar-refractivity contribution < 1.29 is 14.3 Å². The van der Waals surface area contributed by atoms with E-state index in [1.807, 2.05) is 48.2 Å². The molecule has 1 fully saturated rings. The van der Waals surface area contributed by atoms with E-state index in [2.05, 4.69) is 39.9 Å². The van der Waals surface area contributed by atoms with E-state index in [1.165, 1.54) is 0 Å². The average Bonchev–Trinajstić information content (AvgIpc) is 3.43. The van der Waals surface area contributed by atoms with Crippen molar-refractivity contribution in [3.8, 4) is 22.8 Å². The van der Waals surface area contributed by atoms with Crippen LogP contribution in [0.2, 0.25) is 5.02 Å². The van der Waals surface area contributed by atoms with Gasteiger partial charge in [-0.05, 0) is 62.2 Å². The molecule has 0 aliphatic carbocycles. The van der Waals surface area contributed by atoms with Crippen LogP contribution < -0.4 is 4.74 Å².